The molecular formula is C19H28N6S. The molecule has 0 bridgehead atoms. The van der Waals surface area contributed by atoms with Crippen molar-refractivity contribution in [2.45, 2.75) is 39.8 Å². The van der Waals surface area contributed by atoms with Gasteiger partial charge in [0.25, 0.3) is 0 Å². The fourth-order valence-electron chi connectivity index (χ4n) is 3.08. The van der Waals surface area contributed by atoms with Crippen molar-refractivity contribution in [3.8, 4) is 0 Å². The largest absolute Gasteiger partial charge is 0.357 e. The Hall–Kier alpha value is -2.15. The Kier molecular flexibility index (Phi) is 6.44. The van der Waals surface area contributed by atoms with Crippen LogP contribution >= 0.6 is 11.3 Å². The van der Waals surface area contributed by atoms with Crippen LogP contribution in [0.2, 0.25) is 0 Å². The number of aromatic nitrogens is 2. The van der Waals surface area contributed by atoms with Crippen molar-refractivity contribution in [3.05, 3.63) is 40.0 Å². The van der Waals surface area contributed by atoms with Crippen molar-refractivity contribution in [3.63, 3.8) is 0 Å². The minimum atomic E-state index is 0.621. The maximum absolute atomic E-state index is 4.77. The molecule has 0 amide bonds. The number of aryl methyl sites for hydroxylation is 1. The minimum Gasteiger partial charge on any atom is -0.357 e. The van der Waals surface area contributed by atoms with Crippen LogP contribution in [0.25, 0.3) is 0 Å². The zero-order valence-corrected chi connectivity index (χ0v) is 16.7. The van der Waals surface area contributed by atoms with Crippen LogP contribution < -0.4 is 10.2 Å². The highest BCUT2D eigenvalue weighted by Crippen LogP contribution is 2.18. The van der Waals surface area contributed by atoms with Gasteiger partial charge in [-0.1, -0.05) is 6.07 Å². The molecule has 3 heterocycles. The second kappa shape index (κ2) is 8.98. The van der Waals surface area contributed by atoms with Gasteiger partial charge in [-0.2, -0.15) is 0 Å². The Morgan fingerprint density at radius 1 is 1.35 bits per heavy atom. The van der Waals surface area contributed by atoms with E-state index in [-0.39, 0.29) is 0 Å². The molecule has 0 spiro atoms. The summed E-state index contributed by atoms with van der Waals surface area (Å²) in [4.78, 5) is 18.4. The quantitative estimate of drug-likeness (QED) is 0.624. The van der Waals surface area contributed by atoms with E-state index in [2.05, 4.69) is 49.5 Å². The fraction of sp³-hybridized carbons (Fsp3) is 0.526. The molecule has 0 unspecified atom stereocenters. The molecule has 1 N–H and O–H groups in total. The van der Waals surface area contributed by atoms with Crippen LogP contribution in [0.15, 0.2) is 28.7 Å². The molecule has 0 aromatic carbocycles. The van der Waals surface area contributed by atoms with E-state index >= 15 is 0 Å². The predicted molar refractivity (Wildman–Crippen MR) is 109 cm³/mol. The van der Waals surface area contributed by atoms with Crippen molar-refractivity contribution in [1.29, 1.82) is 0 Å². The Morgan fingerprint density at radius 2 is 2.15 bits per heavy atom. The average molecular weight is 373 g/mol. The molecule has 2 aromatic rings. The van der Waals surface area contributed by atoms with Crippen molar-refractivity contribution in [1.82, 2.24) is 20.2 Å². The van der Waals surface area contributed by atoms with Crippen LogP contribution in [-0.2, 0) is 13.1 Å². The van der Waals surface area contributed by atoms with E-state index in [4.69, 9.17) is 4.99 Å². The first-order chi connectivity index (χ1) is 12.7. The number of nitrogens with one attached hydrogen (secondary N) is 1. The maximum atomic E-state index is 4.77. The Bertz CT molecular complexity index is 718. The molecule has 1 aliphatic rings. The van der Waals surface area contributed by atoms with Gasteiger partial charge < -0.3 is 15.1 Å². The van der Waals surface area contributed by atoms with Crippen LogP contribution in [0.3, 0.4) is 0 Å². The second-order valence-corrected chi connectivity index (χ2v) is 7.67. The third kappa shape index (κ3) is 4.94. The zero-order valence-electron chi connectivity index (χ0n) is 15.9. The molecular weight excluding hydrogens is 344 g/mol. The summed E-state index contributed by atoms with van der Waals surface area (Å²) in [7, 11) is 2.05. The van der Waals surface area contributed by atoms with Crippen LogP contribution in [0.4, 0.5) is 5.82 Å². The number of guanidine groups is 1. The molecule has 6 nitrogen and oxygen atoms in total. The standard InChI is InChI=1S/C19H28N6S/c1-4-20-19(24(3)13-17-14-26-15(2)23-17)22-12-16-7-8-18(21-11-16)25-9-5-6-10-25/h7-8,11,14H,4-6,9-10,12-13H2,1-3H3,(H,20,22). The van der Waals surface area contributed by atoms with Gasteiger partial charge in [-0.05, 0) is 38.3 Å². The number of thiazole rings is 1. The maximum Gasteiger partial charge on any atom is 0.194 e. The third-order valence-electron chi connectivity index (χ3n) is 4.41. The first kappa shape index (κ1) is 18.6. The van der Waals surface area contributed by atoms with Gasteiger partial charge in [-0.15, -0.1) is 11.3 Å². The monoisotopic (exact) mass is 372 g/mol. The van der Waals surface area contributed by atoms with Crippen LogP contribution in [0, 0.1) is 6.92 Å². The third-order valence-corrected chi connectivity index (χ3v) is 5.24. The molecule has 26 heavy (non-hydrogen) atoms. The predicted octanol–water partition coefficient (Wildman–Crippen LogP) is 3.04. The lowest BCUT2D eigenvalue weighted by Gasteiger charge is -2.21. The molecule has 0 saturated carbocycles. The SMILES string of the molecule is CCNC(=NCc1ccc(N2CCCC2)nc1)N(C)Cc1csc(C)n1. The van der Waals surface area contributed by atoms with E-state index < -0.39 is 0 Å². The summed E-state index contributed by atoms with van der Waals surface area (Å²) in [5.74, 6) is 1.97. The van der Waals surface area contributed by atoms with Gasteiger partial charge in [0.15, 0.2) is 5.96 Å². The molecule has 140 valence electrons. The lowest BCUT2D eigenvalue weighted by molar-refractivity contribution is 0.471. The van der Waals surface area contributed by atoms with E-state index in [1.54, 1.807) is 11.3 Å². The Balaban J connectivity index is 1.62. The van der Waals surface area contributed by atoms with Gasteiger partial charge in [0.1, 0.15) is 5.82 Å². The van der Waals surface area contributed by atoms with Crippen molar-refractivity contribution in [2.75, 3.05) is 31.6 Å². The van der Waals surface area contributed by atoms with Crippen molar-refractivity contribution >= 4 is 23.1 Å². The number of aliphatic imine (C=N–C) groups is 1. The fourth-order valence-corrected chi connectivity index (χ4v) is 3.68. The number of nitrogens with zero attached hydrogens (tertiary/aromatic N) is 5. The molecule has 2 aromatic heterocycles. The van der Waals surface area contributed by atoms with Gasteiger partial charge in [-0.3, -0.25) is 0 Å². The van der Waals surface area contributed by atoms with E-state index in [1.165, 1.54) is 12.8 Å². The Morgan fingerprint density at radius 3 is 2.77 bits per heavy atom. The summed E-state index contributed by atoms with van der Waals surface area (Å²) in [5, 5.41) is 6.56. The summed E-state index contributed by atoms with van der Waals surface area (Å²) >= 11 is 1.68. The average Bonchev–Trinajstić information content (AvgIpc) is 3.31. The normalized spacial score (nSPS) is 14.7. The topological polar surface area (TPSA) is 56.7 Å². The minimum absolute atomic E-state index is 0.621. The molecule has 3 rings (SSSR count). The smallest absolute Gasteiger partial charge is 0.194 e. The van der Waals surface area contributed by atoms with Gasteiger partial charge in [0.2, 0.25) is 0 Å². The number of pyridine rings is 1. The lowest BCUT2D eigenvalue weighted by Crippen LogP contribution is -2.38. The second-order valence-electron chi connectivity index (χ2n) is 6.60. The molecule has 0 aliphatic carbocycles. The molecule has 1 aliphatic heterocycles. The van der Waals surface area contributed by atoms with Crippen LogP contribution in [0.5, 0.6) is 0 Å². The van der Waals surface area contributed by atoms with E-state index in [0.717, 1.165) is 54.2 Å². The molecule has 0 atom stereocenters. The highest BCUT2D eigenvalue weighted by molar-refractivity contribution is 7.09. The molecule has 1 saturated heterocycles. The van der Waals surface area contributed by atoms with Gasteiger partial charge in [0, 0.05) is 38.3 Å². The highest BCUT2D eigenvalue weighted by atomic mass is 32.1. The van der Waals surface area contributed by atoms with Crippen LogP contribution in [0.1, 0.15) is 36.0 Å². The summed E-state index contributed by atoms with van der Waals surface area (Å²) in [6, 6.07) is 4.25. The number of hydrogen-bond donors (Lipinski definition) is 1. The summed E-state index contributed by atoms with van der Waals surface area (Å²) < 4.78 is 0. The molecule has 0 radical (unpaired) electrons. The summed E-state index contributed by atoms with van der Waals surface area (Å²) in [6.45, 7) is 8.57. The summed E-state index contributed by atoms with van der Waals surface area (Å²) in [6.07, 6.45) is 4.49. The van der Waals surface area contributed by atoms with Gasteiger partial charge >= 0.3 is 0 Å². The number of anilines is 1. The zero-order chi connectivity index (χ0) is 18.4. The Labute approximate surface area is 160 Å². The lowest BCUT2D eigenvalue weighted by atomic mass is 10.3. The van der Waals surface area contributed by atoms with Crippen LogP contribution in [-0.4, -0.2) is 47.5 Å². The number of hydrogen-bond acceptors (Lipinski definition) is 5. The van der Waals surface area contributed by atoms with Gasteiger partial charge in [0.05, 0.1) is 23.8 Å². The highest BCUT2D eigenvalue weighted by Gasteiger charge is 2.13. The first-order valence-electron chi connectivity index (χ1n) is 9.26. The van der Waals surface area contributed by atoms with Gasteiger partial charge in [-0.25, -0.2) is 15.0 Å². The van der Waals surface area contributed by atoms with Crippen molar-refractivity contribution in [2.24, 2.45) is 4.99 Å². The number of rotatable bonds is 6. The summed E-state index contributed by atoms with van der Waals surface area (Å²) in [5.41, 5.74) is 2.21. The first-order valence-corrected chi connectivity index (χ1v) is 10.1. The van der Waals surface area contributed by atoms with E-state index in [0.29, 0.717) is 6.54 Å². The van der Waals surface area contributed by atoms with Crippen molar-refractivity contribution < 1.29 is 0 Å². The van der Waals surface area contributed by atoms with E-state index in [9.17, 15) is 0 Å². The van der Waals surface area contributed by atoms with E-state index in [1.807, 2.05) is 20.2 Å². The molecule has 1 fully saturated rings. The molecule has 7 heteroatoms.